The van der Waals surface area contributed by atoms with Crippen molar-refractivity contribution in [1.82, 2.24) is 10.2 Å². The lowest BCUT2D eigenvalue weighted by Crippen LogP contribution is -1.73. The molecule has 0 amide bonds. The summed E-state index contributed by atoms with van der Waals surface area (Å²) < 4.78 is 0. The molecule has 0 bridgehead atoms. The zero-order chi connectivity index (χ0) is 8.39. The maximum atomic E-state index is 5.63. The van der Waals surface area contributed by atoms with Crippen LogP contribution >= 0.6 is 35.3 Å². The van der Waals surface area contributed by atoms with Gasteiger partial charge in [-0.2, -0.15) is 5.10 Å². The quantitative estimate of drug-likeness (QED) is 0.795. The molecule has 70 valence electrons. The van der Waals surface area contributed by atoms with E-state index in [9.17, 15) is 0 Å². The Morgan fingerprint density at radius 3 is 2.92 bits per heavy atom. The van der Waals surface area contributed by atoms with E-state index in [1.807, 2.05) is 23.6 Å². The number of nitrogens with one attached hydrogen (secondary N) is 1. The third-order valence-electron chi connectivity index (χ3n) is 1.55. The van der Waals surface area contributed by atoms with Crippen molar-refractivity contribution in [3.8, 4) is 10.6 Å². The van der Waals surface area contributed by atoms with Crippen molar-refractivity contribution < 1.29 is 0 Å². The van der Waals surface area contributed by atoms with Crippen molar-refractivity contribution in [3.63, 3.8) is 0 Å². The number of alkyl halides is 1. The van der Waals surface area contributed by atoms with Gasteiger partial charge in [0.05, 0.1) is 16.5 Å². The number of hydrogen-bond donors (Lipinski definition) is 1. The summed E-state index contributed by atoms with van der Waals surface area (Å²) in [5.74, 6) is 0.484. The Hall–Kier alpha value is -0.510. The van der Waals surface area contributed by atoms with E-state index in [0.717, 1.165) is 11.4 Å². The predicted molar refractivity (Wildman–Crippen MR) is 58.7 cm³/mol. The summed E-state index contributed by atoms with van der Waals surface area (Å²) in [5, 5.41) is 9.03. The minimum atomic E-state index is 0. The van der Waals surface area contributed by atoms with E-state index in [1.165, 1.54) is 4.88 Å². The molecule has 2 heterocycles. The first-order chi connectivity index (χ1) is 5.90. The minimum absolute atomic E-state index is 0. The zero-order valence-corrected chi connectivity index (χ0v) is 9.05. The molecular weight excluding hydrogens is 227 g/mol. The third-order valence-corrected chi connectivity index (χ3v) is 2.73. The molecule has 0 saturated heterocycles. The van der Waals surface area contributed by atoms with Gasteiger partial charge in [0.15, 0.2) is 0 Å². The van der Waals surface area contributed by atoms with Crippen LogP contribution in [0.4, 0.5) is 0 Å². The zero-order valence-electron chi connectivity index (χ0n) is 6.66. The van der Waals surface area contributed by atoms with Crippen LogP contribution in [0.25, 0.3) is 10.6 Å². The van der Waals surface area contributed by atoms with Gasteiger partial charge < -0.3 is 0 Å². The fourth-order valence-electron chi connectivity index (χ4n) is 0.981. The van der Waals surface area contributed by atoms with Crippen molar-refractivity contribution in [1.29, 1.82) is 0 Å². The molecule has 0 radical (unpaired) electrons. The van der Waals surface area contributed by atoms with Crippen LogP contribution in [0.15, 0.2) is 23.6 Å². The smallest absolute Gasteiger partial charge is 0.102 e. The van der Waals surface area contributed by atoms with Crippen LogP contribution in [0.2, 0.25) is 0 Å². The normalized spacial score (nSPS) is 9.62. The maximum Gasteiger partial charge on any atom is 0.102 e. The Kier molecular flexibility index (Phi) is 3.78. The Bertz CT molecular complexity index is 356. The monoisotopic (exact) mass is 234 g/mol. The standard InChI is InChI=1S/C8H7ClN2S.ClH/c9-5-6-4-7(11-10-6)8-2-1-3-12-8;/h1-4H,5H2,(H,10,11);1H. The number of nitrogens with zero attached hydrogens (tertiary/aromatic N) is 1. The average molecular weight is 235 g/mol. The Balaban J connectivity index is 0.000000845. The molecule has 0 spiro atoms. The number of rotatable bonds is 2. The topological polar surface area (TPSA) is 28.7 Å². The molecule has 0 aliphatic rings. The fraction of sp³-hybridized carbons (Fsp3) is 0.125. The number of halogens is 2. The SMILES string of the molecule is Cl.ClCc1cc(-c2cccs2)n[nH]1. The molecule has 2 nitrogen and oxygen atoms in total. The molecule has 0 aromatic carbocycles. The van der Waals surface area contributed by atoms with Crippen molar-refractivity contribution in [2.24, 2.45) is 0 Å². The predicted octanol–water partition coefficient (Wildman–Crippen LogP) is 3.30. The molecule has 5 heteroatoms. The minimum Gasteiger partial charge on any atom is -0.281 e. The molecule has 0 aliphatic heterocycles. The van der Waals surface area contributed by atoms with Gasteiger partial charge in [-0.05, 0) is 17.5 Å². The van der Waals surface area contributed by atoms with Gasteiger partial charge in [0.1, 0.15) is 5.69 Å². The molecule has 0 saturated carbocycles. The van der Waals surface area contributed by atoms with E-state index in [0.29, 0.717) is 5.88 Å². The van der Waals surface area contributed by atoms with Gasteiger partial charge in [-0.15, -0.1) is 35.3 Å². The summed E-state index contributed by atoms with van der Waals surface area (Å²) in [6.07, 6.45) is 0. The summed E-state index contributed by atoms with van der Waals surface area (Å²) in [6.45, 7) is 0. The number of aromatic amines is 1. The molecule has 2 aromatic heterocycles. The molecule has 2 rings (SSSR count). The van der Waals surface area contributed by atoms with Gasteiger partial charge in [0.2, 0.25) is 0 Å². The highest BCUT2D eigenvalue weighted by Gasteiger charge is 2.02. The number of thiophene rings is 1. The van der Waals surface area contributed by atoms with Crippen molar-refractivity contribution in [2.45, 2.75) is 5.88 Å². The molecule has 1 N–H and O–H groups in total. The van der Waals surface area contributed by atoms with Crippen LogP contribution in [0.5, 0.6) is 0 Å². The van der Waals surface area contributed by atoms with Crippen LogP contribution in [0.1, 0.15) is 5.69 Å². The van der Waals surface area contributed by atoms with Gasteiger partial charge in [-0.3, -0.25) is 5.10 Å². The third kappa shape index (κ3) is 2.24. The summed E-state index contributed by atoms with van der Waals surface area (Å²) in [4.78, 5) is 1.17. The maximum absolute atomic E-state index is 5.63. The largest absolute Gasteiger partial charge is 0.281 e. The highest BCUT2D eigenvalue weighted by atomic mass is 35.5. The summed E-state index contributed by atoms with van der Waals surface area (Å²) in [6, 6.07) is 6.02. The van der Waals surface area contributed by atoms with Gasteiger partial charge in [0.25, 0.3) is 0 Å². The lowest BCUT2D eigenvalue weighted by Gasteiger charge is -1.84. The average Bonchev–Trinajstić information content (AvgIpc) is 2.75. The highest BCUT2D eigenvalue weighted by Crippen LogP contribution is 2.23. The molecular formula is C8H8Cl2N2S. The molecule has 13 heavy (non-hydrogen) atoms. The van der Waals surface area contributed by atoms with Crippen LogP contribution in [-0.2, 0) is 5.88 Å². The highest BCUT2D eigenvalue weighted by molar-refractivity contribution is 7.13. The molecule has 0 fully saturated rings. The molecule has 0 atom stereocenters. The van der Waals surface area contributed by atoms with Gasteiger partial charge in [-0.1, -0.05) is 6.07 Å². The van der Waals surface area contributed by atoms with E-state index in [-0.39, 0.29) is 12.4 Å². The van der Waals surface area contributed by atoms with E-state index < -0.39 is 0 Å². The van der Waals surface area contributed by atoms with E-state index in [4.69, 9.17) is 11.6 Å². The second kappa shape index (κ2) is 4.65. The van der Waals surface area contributed by atoms with Gasteiger partial charge >= 0.3 is 0 Å². The van der Waals surface area contributed by atoms with Gasteiger partial charge in [0, 0.05) is 0 Å². The van der Waals surface area contributed by atoms with Crippen LogP contribution in [0.3, 0.4) is 0 Å². The van der Waals surface area contributed by atoms with E-state index >= 15 is 0 Å². The van der Waals surface area contributed by atoms with E-state index in [2.05, 4.69) is 10.2 Å². The second-order valence-corrected chi connectivity index (χ2v) is 3.60. The van der Waals surface area contributed by atoms with Gasteiger partial charge in [-0.25, -0.2) is 0 Å². The molecule has 0 aliphatic carbocycles. The first-order valence-corrected chi connectivity index (χ1v) is 4.95. The summed E-state index contributed by atoms with van der Waals surface area (Å²) >= 11 is 7.31. The molecule has 2 aromatic rings. The Morgan fingerprint density at radius 1 is 1.54 bits per heavy atom. The second-order valence-electron chi connectivity index (χ2n) is 2.39. The Morgan fingerprint density at radius 2 is 2.38 bits per heavy atom. The lowest BCUT2D eigenvalue weighted by atomic mass is 10.3. The van der Waals surface area contributed by atoms with E-state index in [1.54, 1.807) is 11.3 Å². The first kappa shape index (κ1) is 10.6. The van der Waals surface area contributed by atoms with Crippen molar-refractivity contribution >= 4 is 35.3 Å². The summed E-state index contributed by atoms with van der Waals surface area (Å²) in [5.41, 5.74) is 1.93. The number of aromatic nitrogens is 2. The van der Waals surface area contributed by atoms with Crippen molar-refractivity contribution in [3.05, 3.63) is 29.3 Å². The van der Waals surface area contributed by atoms with Crippen LogP contribution in [0, 0.1) is 0 Å². The first-order valence-electron chi connectivity index (χ1n) is 3.54. The lowest BCUT2D eigenvalue weighted by molar-refractivity contribution is 1.04. The fourth-order valence-corrected chi connectivity index (χ4v) is 1.80. The molecule has 0 unspecified atom stereocenters. The van der Waals surface area contributed by atoms with Crippen LogP contribution < -0.4 is 0 Å². The van der Waals surface area contributed by atoms with Crippen molar-refractivity contribution in [2.75, 3.05) is 0 Å². The van der Waals surface area contributed by atoms with Crippen LogP contribution in [-0.4, -0.2) is 10.2 Å². The summed E-state index contributed by atoms with van der Waals surface area (Å²) in [7, 11) is 0. The Labute approximate surface area is 91.3 Å². The number of H-pyrrole nitrogens is 1. The number of hydrogen-bond acceptors (Lipinski definition) is 2.